The molecule has 1 amide bonds. The molecule has 5 rings (SSSR count). The van der Waals surface area contributed by atoms with E-state index in [9.17, 15) is 14.9 Å². The number of benzene rings is 1. The van der Waals surface area contributed by atoms with Crippen molar-refractivity contribution in [2.45, 2.75) is 53.5 Å². The zero-order valence-electron chi connectivity index (χ0n) is 22.4. The van der Waals surface area contributed by atoms with Crippen molar-refractivity contribution < 1.29 is 18.6 Å². The fraction of sp³-hybridized carbons (Fsp3) is 0.333. The van der Waals surface area contributed by atoms with Gasteiger partial charge in [-0.3, -0.25) is 14.9 Å². The summed E-state index contributed by atoms with van der Waals surface area (Å²) >= 11 is 1.56. The predicted molar refractivity (Wildman–Crippen MR) is 152 cm³/mol. The number of nitro benzene ring substituents is 1. The van der Waals surface area contributed by atoms with Gasteiger partial charge < -0.3 is 14.2 Å². The number of nitrogens with one attached hydrogen (secondary N) is 1. The van der Waals surface area contributed by atoms with Gasteiger partial charge in [-0.1, -0.05) is 26.8 Å². The van der Waals surface area contributed by atoms with Crippen LogP contribution < -0.4 is 5.32 Å². The quantitative estimate of drug-likeness (QED) is 0.146. The fourth-order valence-electron chi connectivity index (χ4n) is 4.98. The molecular formula is C30H31N3O5S. The Morgan fingerprint density at radius 1 is 1.26 bits per heavy atom. The Morgan fingerprint density at radius 3 is 2.79 bits per heavy atom. The third-order valence-electron chi connectivity index (χ3n) is 7.34. The van der Waals surface area contributed by atoms with Crippen molar-refractivity contribution in [2.75, 3.05) is 0 Å². The highest BCUT2D eigenvalue weighted by atomic mass is 32.1. The van der Waals surface area contributed by atoms with E-state index in [1.807, 2.05) is 13.0 Å². The number of carbonyl (C=O) groups excluding carboxylic acids is 1. The van der Waals surface area contributed by atoms with Crippen LogP contribution in [0.4, 0.5) is 10.7 Å². The van der Waals surface area contributed by atoms with Crippen molar-refractivity contribution in [3.05, 3.63) is 91.9 Å². The van der Waals surface area contributed by atoms with E-state index in [1.54, 1.807) is 48.1 Å². The first kappa shape index (κ1) is 26.6. The normalized spacial score (nSPS) is 15.4. The van der Waals surface area contributed by atoms with E-state index in [-0.39, 0.29) is 17.0 Å². The van der Waals surface area contributed by atoms with E-state index in [0.29, 0.717) is 45.9 Å². The highest BCUT2D eigenvalue weighted by molar-refractivity contribution is 7.16. The van der Waals surface area contributed by atoms with Crippen molar-refractivity contribution in [2.24, 2.45) is 16.3 Å². The molecule has 0 unspecified atom stereocenters. The summed E-state index contributed by atoms with van der Waals surface area (Å²) in [7, 11) is 0. The van der Waals surface area contributed by atoms with E-state index >= 15 is 0 Å². The molecule has 9 heteroatoms. The maximum atomic E-state index is 13.4. The minimum atomic E-state index is -0.421. The average Bonchev–Trinajstić information content (AvgIpc) is 3.65. The highest BCUT2D eigenvalue weighted by Gasteiger charge is 2.33. The molecule has 202 valence electrons. The molecule has 4 aromatic rings. The fourth-order valence-corrected chi connectivity index (χ4v) is 6.25. The molecule has 0 radical (unpaired) electrons. The van der Waals surface area contributed by atoms with Gasteiger partial charge in [0, 0.05) is 22.6 Å². The van der Waals surface area contributed by atoms with Crippen LogP contribution in [0.15, 0.2) is 62.6 Å². The average molecular weight is 546 g/mol. The second kappa shape index (κ2) is 10.6. The number of aryl methyl sites for hydroxylation is 1. The summed E-state index contributed by atoms with van der Waals surface area (Å²) in [5.74, 6) is 2.07. The maximum Gasteiger partial charge on any atom is 0.270 e. The molecule has 1 N–H and O–H groups in total. The number of furan rings is 2. The molecule has 0 spiro atoms. The van der Waals surface area contributed by atoms with Crippen LogP contribution in [0.2, 0.25) is 0 Å². The second-order valence-electron chi connectivity index (χ2n) is 11.0. The van der Waals surface area contributed by atoms with Gasteiger partial charge in [-0.2, -0.15) is 0 Å². The molecular weight excluding hydrogens is 514 g/mol. The van der Waals surface area contributed by atoms with Crippen molar-refractivity contribution in [1.29, 1.82) is 0 Å². The molecule has 3 heterocycles. The largest absolute Gasteiger partial charge is 0.467 e. The van der Waals surface area contributed by atoms with Gasteiger partial charge in [-0.05, 0) is 72.9 Å². The Labute approximate surface area is 230 Å². The number of fused-ring (bicyclic) bond motifs is 1. The van der Waals surface area contributed by atoms with Crippen molar-refractivity contribution in [1.82, 2.24) is 5.32 Å². The summed E-state index contributed by atoms with van der Waals surface area (Å²) in [5, 5.41) is 14.9. The minimum Gasteiger partial charge on any atom is -0.467 e. The lowest BCUT2D eigenvalue weighted by Crippen LogP contribution is -2.28. The van der Waals surface area contributed by atoms with Crippen molar-refractivity contribution in [3.8, 4) is 11.3 Å². The first-order chi connectivity index (χ1) is 18.6. The van der Waals surface area contributed by atoms with E-state index in [4.69, 9.17) is 13.8 Å². The summed E-state index contributed by atoms with van der Waals surface area (Å²) in [6.45, 7) is 8.98. The summed E-state index contributed by atoms with van der Waals surface area (Å²) in [4.78, 5) is 30.1. The Hall–Kier alpha value is -3.98. The molecule has 0 fully saturated rings. The van der Waals surface area contributed by atoms with Crippen LogP contribution in [0.1, 0.15) is 65.1 Å². The van der Waals surface area contributed by atoms with E-state index in [0.717, 1.165) is 30.4 Å². The monoisotopic (exact) mass is 545 g/mol. The second-order valence-corrected chi connectivity index (χ2v) is 12.1. The van der Waals surface area contributed by atoms with E-state index in [1.165, 1.54) is 17.0 Å². The van der Waals surface area contributed by atoms with Crippen LogP contribution in [-0.2, 0) is 19.4 Å². The van der Waals surface area contributed by atoms with E-state index < -0.39 is 4.92 Å². The topological polar surface area (TPSA) is 111 Å². The lowest BCUT2D eigenvalue weighted by atomic mass is 9.72. The lowest BCUT2D eigenvalue weighted by Gasteiger charge is -2.33. The standard InChI is InChI=1S/C30H31N3O5S/c1-18-7-9-20(33(35)36)15-24(18)25-12-10-22(38-25)17-32-29-27(28(34)31-16-21-6-5-13-37-21)23-11-8-19(30(2,3)4)14-26(23)39-29/h5-7,9-10,12-13,15,17,19H,8,11,14,16H2,1-4H3,(H,31,34)/t19-/m0/s1. The number of carbonyl (C=O) groups is 1. The van der Waals surface area contributed by atoms with Crippen LogP contribution in [0, 0.1) is 28.4 Å². The summed E-state index contributed by atoms with van der Waals surface area (Å²) in [6.07, 6.45) is 5.98. The van der Waals surface area contributed by atoms with Gasteiger partial charge in [0.1, 0.15) is 22.3 Å². The first-order valence-electron chi connectivity index (χ1n) is 12.9. The van der Waals surface area contributed by atoms with Crippen LogP contribution in [0.5, 0.6) is 0 Å². The molecule has 1 aliphatic carbocycles. The summed E-state index contributed by atoms with van der Waals surface area (Å²) in [5.41, 5.74) is 3.41. The van der Waals surface area contributed by atoms with Gasteiger partial charge in [0.2, 0.25) is 0 Å². The van der Waals surface area contributed by atoms with Crippen molar-refractivity contribution >= 4 is 34.1 Å². The summed E-state index contributed by atoms with van der Waals surface area (Å²) < 4.78 is 11.4. The maximum absolute atomic E-state index is 13.4. The van der Waals surface area contributed by atoms with Gasteiger partial charge in [-0.25, -0.2) is 4.99 Å². The van der Waals surface area contributed by atoms with Crippen molar-refractivity contribution in [3.63, 3.8) is 0 Å². The number of non-ortho nitro benzene ring substituents is 1. The zero-order chi connectivity index (χ0) is 27.7. The molecule has 0 bridgehead atoms. The number of thiophene rings is 1. The number of amides is 1. The number of rotatable bonds is 7. The minimum absolute atomic E-state index is 0.00477. The van der Waals surface area contributed by atoms with Crippen LogP contribution in [-0.4, -0.2) is 17.0 Å². The molecule has 0 aliphatic heterocycles. The van der Waals surface area contributed by atoms with Gasteiger partial charge in [0.15, 0.2) is 0 Å². The Bertz CT molecular complexity index is 1540. The molecule has 8 nitrogen and oxygen atoms in total. The third-order valence-corrected chi connectivity index (χ3v) is 8.50. The molecule has 3 aromatic heterocycles. The summed E-state index contributed by atoms with van der Waals surface area (Å²) in [6, 6.07) is 11.9. The van der Waals surface area contributed by atoms with Gasteiger partial charge in [0.05, 0.1) is 29.5 Å². The van der Waals surface area contributed by atoms with Crippen LogP contribution in [0.25, 0.3) is 11.3 Å². The molecule has 39 heavy (non-hydrogen) atoms. The Kier molecular flexibility index (Phi) is 7.27. The van der Waals surface area contributed by atoms with Gasteiger partial charge >= 0.3 is 0 Å². The number of hydrogen-bond acceptors (Lipinski definition) is 7. The smallest absolute Gasteiger partial charge is 0.270 e. The Balaban J connectivity index is 1.44. The first-order valence-corrected chi connectivity index (χ1v) is 13.8. The predicted octanol–water partition coefficient (Wildman–Crippen LogP) is 7.65. The van der Waals surface area contributed by atoms with E-state index in [2.05, 4.69) is 26.1 Å². The zero-order valence-corrected chi connectivity index (χ0v) is 23.3. The molecule has 1 aromatic carbocycles. The van der Waals surface area contributed by atoms with Crippen LogP contribution in [0.3, 0.4) is 0 Å². The highest BCUT2D eigenvalue weighted by Crippen LogP contribution is 2.45. The molecule has 0 saturated carbocycles. The molecule has 1 aliphatic rings. The number of aliphatic imine (C=N–C) groups is 1. The number of nitro groups is 1. The lowest BCUT2D eigenvalue weighted by molar-refractivity contribution is -0.384. The number of nitrogens with zero attached hydrogens (tertiary/aromatic N) is 2. The Morgan fingerprint density at radius 2 is 2.08 bits per heavy atom. The third kappa shape index (κ3) is 5.73. The number of hydrogen-bond donors (Lipinski definition) is 1. The molecule has 1 atom stereocenters. The van der Waals surface area contributed by atoms with Crippen LogP contribution >= 0.6 is 11.3 Å². The van der Waals surface area contributed by atoms with Gasteiger partial charge in [0.25, 0.3) is 11.6 Å². The SMILES string of the molecule is Cc1ccc([N+](=O)[O-])cc1-c1ccc(C=Nc2sc3c(c2C(=O)NCc2ccco2)CC[C@H](C(C)(C)C)C3)o1. The van der Waals surface area contributed by atoms with Gasteiger partial charge in [-0.15, -0.1) is 11.3 Å². The molecule has 0 saturated heterocycles.